The van der Waals surface area contributed by atoms with Gasteiger partial charge in [-0.25, -0.2) is 4.98 Å². The van der Waals surface area contributed by atoms with Gasteiger partial charge in [-0.05, 0) is 12.1 Å². The topological polar surface area (TPSA) is 79.5 Å². The zero-order valence-electron chi connectivity index (χ0n) is 15.8. The van der Waals surface area contributed by atoms with Crippen molar-refractivity contribution in [3.8, 4) is 17.1 Å². The molecule has 2 aromatic rings. The Bertz CT molecular complexity index is 793. The Balaban J connectivity index is 0.00000140. The number of carbonyl (C=O) groups excluding carboxylic acids is 1. The number of nitrogens with one attached hydrogen (secondary N) is 2. The number of amides is 1. The summed E-state index contributed by atoms with van der Waals surface area (Å²) in [6.07, 6.45) is 1.25. The van der Waals surface area contributed by atoms with E-state index in [2.05, 4.69) is 10.3 Å². The zero-order valence-corrected chi connectivity index (χ0v) is 17.4. The maximum atomic E-state index is 12.6. The highest BCUT2D eigenvalue weighted by molar-refractivity contribution is 5.85. The minimum Gasteiger partial charge on any atom is -0.497 e. The molecule has 28 heavy (non-hydrogen) atoms. The van der Waals surface area contributed by atoms with E-state index in [4.69, 9.17) is 14.5 Å². The fraction of sp³-hybridized carbons (Fsp3) is 0.474. The van der Waals surface area contributed by atoms with Gasteiger partial charge < -0.3 is 24.7 Å². The van der Waals surface area contributed by atoms with Gasteiger partial charge in [0.25, 0.3) is 0 Å². The van der Waals surface area contributed by atoms with Gasteiger partial charge in [0, 0.05) is 37.5 Å². The van der Waals surface area contributed by atoms with E-state index < -0.39 is 0 Å². The van der Waals surface area contributed by atoms with Gasteiger partial charge in [0.15, 0.2) is 0 Å². The van der Waals surface area contributed by atoms with Crippen molar-refractivity contribution in [3.63, 3.8) is 0 Å². The maximum absolute atomic E-state index is 12.6. The molecule has 1 aromatic heterocycles. The highest BCUT2D eigenvalue weighted by Crippen LogP contribution is 2.25. The Kier molecular flexibility index (Phi) is 8.12. The van der Waals surface area contributed by atoms with Gasteiger partial charge >= 0.3 is 0 Å². The van der Waals surface area contributed by atoms with Crippen LogP contribution in [0, 0.1) is 0 Å². The Labute approximate surface area is 177 Å². The molecule has 1 unspecified atom stereocenters. The number of nitrogens with zero attached hydrogens (tertiary/aromatic N) is 2. The van der Waals surface area contributed by atoms with Crippen LogP contribution in [-0.2, 0) is 22.5 Å². The van der Waals surface area contributed by atoms with Crippen LogP contribution in [0.1, 0.15) is 17.8 Å². The molecule has 1 aromatic carbocycles. The van der Waals surface area contributed by atoms with Crippen molar-refractivity contribution in [1.82, 2.24) is 20.2 Å². The van der Waals surface area contributed by atoms with Crippen molar-refractivity contribution in [2.75, 3.05) is 33.4 Å². The van der Waals surface area contributed by atoms with E-state index in [1.165, 1.54) is 0 Å². The first-order valence-electron chi connectivity index (χ1n) is 9.04. The number of halogens is 2. The number of benzene rings is 1. The number of aromatic nitrogens is 2. The first-order valence-corrected chi connectivity index (χ1v) is 9.04. The number of imidazole rings is 1. The van der Waals surface area contributed by atoms with E-state index in [9.17, 15) is 4.79 Å². The number of morpholine rings is 1. The summed E-state index contributed by atoms with van der Waals surface area (Å²) in [6, 6.07) is 7.94. The van der Waals surface area contributed by atoms with Crippen molar-refractivity contribution < 1.29 is 14.3 Å². The van der Waals surface area contributed by atoms with Gasteiger partial charge in [-0.2, -0.15) is 0 Å². The predicted octanol–water partition coefficient (Wildman–Crippen LogP) is 2.19. The molecule has 2 aliphatic heterocycles. The fourth-order valence-corrected chi connectivity index (χ4v) is 3.50. The van der Waals surface area contributed by atoms with Crippen molar-refractivity contribution in [1.29, 1.82) is 0 Å². The van der Waals surface area contributed by atoms with E-state index in [1.54, 1.807) is 7.11 Å². The summed E-state index contributed by atoms with van der Waals surface area (Å²) in [5.74, 6) is 1.79. The average molecular weight is 429 g/mol. The Hall–Kier alpha value is -1.80. The third kappa shape index (κ3) is 4.97. The van der Waals surface area contributed by atoms with Crippen LogP contribution in [0.2, 0.25) is 0 Å². The van der Waals surface area contributed by atoms with E-state index in [1.807, 2.05) is 29.2 Å². The Morgan fingerprint density at radius 3 is 3.00 bits per heavy atom. The molecule has 0 spiro atoms. The molecular weight excluding hydrogens is 403 g/mol. The van der Waals surface area contributed by atoms with E-state index in [0.717, 1.165) is 48.1 Å². The second kappa shape index (κ2) is 10.1. The van der Waals surface area contributed by atoms with Gasteiger partial charge in [0.2, 0.25) is 5.91 Å². The second-order valence-electron chi connectivity index (χ2n) is 6.74. The second-order valence-corrected chi connectivity index (χ2v) is 6.74. The van der Waals surface area contributed by atoms with Crippen LogP contribution in [0.5, 0.6) is 5.75 Å². The number of methoxy groups -OCH3 is 1. The summed E-state index contributed by atoms with van der Waals surface area (Å²) < 4.78 is 10.7. The van der Waals surface area contributed by atoms with Crippen LogP contribution in [0.4, 0.5) is 0 Å². The molecule has 0 saturated carbocycles. The molecule has 3 heterocycles. The lowest BCUT2D eigenvalue weighted by Crippen LogP contribution is -2.46. The monoisotopic (exact) mass is 428 g/mol. The molecule has 0 radical (unpaired) electrons. The standard InChI is InChI=1S/C19H24N4O3.2ClH/c1-25-15-4-2-3-13(9-15)19-21-16-5-7-23(11-17(16)22-19)18(24)10-14-12-26-8-6-20-14;;/h2-4,9,14,20H,5-8,10-12H2,1H3,(H,21,22);2*1H. The molecule has 1 saturated heterocycles. The minimum atomic E-state index is 0. The maximum Gasteiger partial charge on any atom is 0.224 e. The number of H-pyrrole nitrogens is 1. The summed E-state index contributed by atoms with van der Waals surface area (Å²) in [4.78, 5) is 22.6. The SMILES string of the molecule is COc1cccc(-c2nc3c([nH]2)CN(C(=O)CC2COCCN2)CC3)c1.Cl.Cl. The van der Waals surface area contributed by atoms with Crippen LogP contribution in [0.25, 0.3) is 11.4 Å². The number of hydrogen-bond acceptors (Lipinski definition) is 5. The van der Waals surface area contributed by atoms with Gasteiger partial charge in [-0.1, -0.05) is 12.1 Å². The normalized spacial score (nSPS) is 18.5. The van der Waals surface area contributed by atoms with Crippen LogP contribution in [0.3, 0.4) is 0 Å². The number of fused-ring (bicyclic) bond motifs is 1. The molecule has 0 aliphatic carbocycles. The number of carbonyl (C=O) groups is 1. The molecule has 2 aliphatic rings. The zero-order chi connectivity index (χ0) is 17.9. The van der Waals surface area contributed by atoms with Crippen LogP contribution in [0.15, 0.2) is 24.3 Å². The van der Waals surface area contributed by atoms with Crippen molar-refractivity contribution in [2.45, 2.75) is 25.4 Å². The van der Waals surface area contributed by atoms with Gasteiger partial charge in [-0.15, -0.1) is 24.8 Å². The van der Waals surface area contributed by atoms with Crippen molar-refractivity contribution in [3.05, 3.63) is 35.7 Å². The molecule has 1 amide bonds. The molecule has 1 atom stereocenters. The van der Waals surface area contributed by atoms with Crippen LogP contribution < -0.4 is 10.1 Å². The molecule has 7 nitrogen and oxygen atoms in total. The third-order valence-electron chi connectivity index (χ3n) is 4.95. The first kappa shape index (κ1) is 22.5. The van der Waals surface area contributed by atoms with Gasteiger partial charge in [-0.3, -0.25) is 4.79 Å². The molecule has 0 bridgehead atoms. The van der Waals surface area contributed by atoms with E-state index >= 15 is 0 Å². The smallest absolute Gasteiger partial charge is 0.224 e. The van der Waals surface area contributed by atoms with E-state index in [0.29, 0.717) is 26.1 Å². The fourth-order valence-electron chi connectivity index (χ4n) is 3.50. The lowest BCUT2D eigenvalue weighted by molar-refractivity contribution is -0.133. The highest BCUT2D eigenvalue weighted by atomic mass is 35.5. The van der Waals surface area contributed by atoms with Crippen molar-refractivity contribution in [2.24, 2.45) is 0 Å². The number of ether oxygens (including phenoxy) is 2. The third-order valence-corrected chi connectivity index (χ3v) is 4.95. The number of hydrogen-bond donors (Lipinski definition) is 2. The molecule has 1 fully saturated rings. The summed E-state index contributed by atoms with van der Waals surface area (Å²) in [7, 11) is 1.65. The molecular formula is C19H26Cl2N4O3. The van der Waals surface area contributed by atoms with Crippen molar-refractivity contribution >= 4 is 30.7 Å². The lowest BCUT2D eigenvalue weighted by atomic mass is 10.1. The lowest BCUT2D eigenvalue weighted by Gasteiger charge is -2.29. The van der Waals surface area contributed by atoms with Gasteiger partial charge in [0.1, 0.15) is 11.6 Å². The highest BCUT2D eigenvalue weighted by Gasteiger charge is 2.26. The summed E-state index contributed by atoms with van der Waals surface area (Å²) in [5.41, 5.74) is 3.06. The van der Waals surface area contributed by atoms with Crippen LogP contribution >= 0.6 is 24.8 Å². The largest absolute Gasteiger partial charge is 0.497 e. The molecule has 154 valence electrons. The predicted molar refractivity (Wildman–Crippen MR) is 111 cm³/mol. The Morgan fingerprint density at radius 1 is 1.39 bits per heavy atom. The quantitative estimate of drug-likeness (QED) is 0.779. The van der Waals surface area contributed by atoms with Gasteiger partial charge in [0.05, 0.1) is 38.3 Å². The summed E-state index contributed by atoms with van der Waals surface area (Å²) >= 11 is 0. The first-order chi connectivity index (χ1) is 12.7. The minimum absolute atomic E-state index is 0. The molecule has 9 heteroatoms. The Morgan fingerprint density at radius 2 is 2.25 bits per heavy atom. The van der Waals surface area contributed by atoms with Crippen LogP contribution in [-0.4, -0.2) is 60.2 Å². The summed E-state index contributed by atoms with van der Waals surface area (Å²) in [6.45, 7) is 3.43. The number of aromatic amines is 1. The molecule has 4 rings (SSSR count). The number of rotatable bonds is 4. The summed E-state index contributed by atoms with van der Waals surface area (Å²) in [5, 5.41) is 3.34. The average Bonchev–Trinajstić information content (AvgIpc) is 3.12. The molecule has 2 N–H and O–H groups in total. The van der Waals surface area contributed by atoms with E-state index in [-0.39, 0.29) is 36.8 Å².